The Labute approximate surface area is 108 Å². The van der Waals surface area contributed by atoms with Gasteiger partial charge in [-0.2, -0.15) is 0 Å². The zero-order valence-corrected chi connectivity index (χ0v) is 11.4. The molecule has 1 aliphatic rings. The van der Waals surface area contributed by atoms with E-state index in [0.717, 1.165) is 31.3 Å². The van der Waals surface area contributed by atoms with E-state index in [1.54, 1.807) is 6.26 Å². The summed E-state index contributed by atoms with van der Waals surface area (Å²) < 4.78 is 4.81. The van der Waals surface area contributed by atoms with Gasteiger partial charge in [0.25, 0.3) is 0 Å². The first-order valence-electron chi connectivity index (χ1n) is 6.53. The molecule has 1 aliphatic heterocycles. The molecule has 0 bridgehead atoms. The highest BCUT2D eigenvalue weighted by atomic mass is 16.5. The highest BCUT2D eigenvalue weighted by Gasteiger charge is 2.30. The molecule has 1 aromatic rings. The Kier molecular flexibility index (Phi) is 3.89. The number of likely N-dealkylation sites (tertiary alicyclic amines) is 1. The van der Waals surface area contributed by atoms with Crippen molar-refractivity contribution in [3.05, 3.63) is 18.0 Å². The van der Waals surface area contributed by atoms with Gasteiger partial charge in [0, 0.05) is 25.7 Å². The minimum atomic E-state index is 0.379. The third-order valence-corrected chi connectivity index (χ3v) is 3.19. The quantitative estimate of drug-likeness (QED) is 0.657. The summed E-state index contributed by atoms with van der Waals surface area (Å²) in [6, 6.07) is 1.85. The smallest absolute Gasteiger partial charge is 0.194 e. The molecule has 0 aliphatic carbocycles. The van der Waals surface area contributed by atoms with Crippen LogP contribution in [0.15, 0.2) is 21.8 Å². The van der Waals surface area contributed by atoms with Gasteiger partial charge in [-0.1, -0.05) is 19.0 Å². The maximum atomic E-state index is 4.81. The Hall–Kier alpha value is -1.52. The number of aromatic nitrogens is 1. The van der Waals surface area contributed by atoms with Gasteiger partial charge in [-0.05, 0) is 18.8 Å². The van der Waals surface area contributed by atoms with Crippen molar-refractivity contribution >= 4 is 5.96 Å². The number of nitrogens with one attached hydrogen (secondary N) is 1. The van der Waals surface area contributed by atoms with Crippen molar-refractivity contribution in [2.24, 2.45) is 10.4 Å². The first-order valence-corrected chi connectivity index (χ1v) is 6.53. The predicted octanol–water partition coefficient (Wildman–Crippen LogP) is 1.87. The molecular formula is C13H22N4O. The topological polar surface area (TPSA) is 53.7 Å². The van der Waals surface area contributed by atoms with E-state index in [4.69, 9.17) is 4.52 Å². The van der Waals surface area contributed by atoms with Crippen LogP contribution in [-0.4, -0.2) is 35.7 Å². The van der Waals surface area contributed by atoms with Crippen LogP contribution in [0.3, 0.4) is 0 Å². The van der Waals surface area contributed by atoms with Crippen molar-refractivity contribution in [3.8, 4) is 0 Å². The van der Waals surface area contributed by atoms with Crippen LogP contribution in [0.25, 0.3) is 0 Å². The fraction of sp³-hybridized carbons (Fsp3) is 0.692. The molecule has 1 saturated heterocycles. The summed E-state index contributed by atoms with van der Waals surface area (Å²) in [5, 5.41) is 7.22. The van der Waals surface area contributed by atoms with E-state index in [1.165, 1.54) is 6.42 Å². The molecule has 1 aromatic heterocycles. The van der Waals surface area contributed by atoms with E-state index in [2.05, 4.69) is 41.1 Å². The van der Waals surface area contributed by atoms with E-state index in [1.807, 2.05) is 6.07 Å². The van der Waals surface area contributed by atoms with E-state index in [0.29, 0.717) is 12.0 Å². The second-order valence-corrected chi connectivity index (χ2v) is 5.50. The maximum absolute atomic E-state index is 4.81. The standard InChI is InChI=1S/C13H22N4O/c1-4-14-12(15-9-11-5-8-18-16-11)17-7-6-13(2,3)10-17/h5,8H,4,6-7,9-10H2,1-3H3,(H,14,15). The third kappa shape index (κ3) is 3.24. The summed E-state index contributed by atoms with van der Waals surface area (Å²) in [7, 11) is 0. The zero-order valence-electron chi connectivity index (χ0n) is 11.4. The Balaban J connectivity index is 2.01. The number of nitrogens with zero attached hydrogens (tertiary/aromatic N) is 3. The SMILES string of the molecule is CCNC(=NCc1ccon1)N1CCC(C)(C)C1. The third-order valence-electron chi connectivity index (χ3n) is 3.19. The van der Waals surface area contributed by atoms with Crippen molar-refractivity contribution in [2.75, 3.05) is 19.6 Å². The lowest BCUT2D eigenvalue weighted by molar-refractivity contribution is 0.370. The van der Waals surface area contributed by atoms with Crippen LogP contribution in [-0.2, 0) is 6.54 Å². The lowest BCUT2D eigenvalue weighted by Gasteiger charge is -2.23. The van der Waals surface area contributed by atoms with Crippen molar-refractivity contribution in [3.63, 3.8) is 0 Å². The summed E-state index contributed by atoms with van der Waals surface area (Å²) in [4.78, 5) is 6.94. The molecule has 0 atom stereocenters. The first kappa shape index (κ1) is 12.9. The molecule has 2 rings (SSSR count). The number of rotatable bonds is 3. The number of hydrogen-bond acceptors (Lipinski definition) is 3. The van der Waals surface area contributed by atoms with Gasteiger partial charge in [0.2, 0.25) is 0 Å². The first-order chi connectivity index (χ1) is 8.61. The van der Waals surface area contributed by atoms with Gasteiger partial charge in [-0.3, -0.25) is 0 Å². The molecule has 1 N–H and O–H groups in total. The maximum Gasteiger partial charge on any atom is 0.194 e. The number of guanidine groups is 1. The Morgan fingerprint density at radius 3 is 3.00 bits per heavy atom. The van der Waals surface area contributed by atoms with E-state index in [-0.39, 0.29) is 0 Å². The monoisotopic (exact) mass is 250 g/mol. The van der Waals surface area contributed by atoms with Gasteiger partial charge in [0.1, 0.15) is 12.0 Å². The summed E-state index contributed by atoms with van der Waals surface area (Å²) in [6.45, 7) is 10.3. The molecule has 2 heterocycles. The largest absolute Gasteiger partial charge is 0.364 e. The van der Waals surface area contributed by atoms with Crippen LogP contribution < -0.4 is 5.32 Å². The van der Waals surface area contributed by atoms with Crippen LogP contribution in [0.2, 0.25) is 0 Å². The van der Waals surface area contributed by atoms with Crippen molar-refractivity contribution < 1.29 is 4.52 Å². The van der Waals surface area contributed by atoms with Crippen LogP contribution in [0.5, 0.6) is 0 Å². The van der Waals surface area contributed by atoms with E-state index >= 15 is 0 Å². The second kappa shape index (κ2) is 5.42. The highest BCUT2D eigenvalue weighted by molar-refractivity contribution is 5.80. The lowest BCUT2D eigenvalue weighted by Crippen LogP contribution is -2.40. The minimum Gasteiger partial charge on any atom is -0.364 e. The van der Waals surface area contributed by atoms with Crippen LogP contribution in [0.4, 0.5) is 0 Å². The van der Waals surface area contributed by atoms with Crippen molar-refractivity contribution in [1.29, 1.82) is 0 Å². The normalized spacial score (nSPS) is 19.3. The van der Waals surface area contributed by atoms with E-state index < -0.39 is 0 Å². The van der Waals surface area contributed by atoms with Gasteiger partial charge in [-0.15, -0.1) is 0 Å². The van der Waals surface area contributed by atoms with Gasteiger partial charge >= 0.3 is 0 Å². The van der Waals surface area contributed by atoms with Gasteiger partial charge in [0.15, 0.2) is 5.96 Å². The van der Waals surface area contributed by atoms with Gasteiger partial charge in [-0.25, -0.2) is 4.99 Å². The molecule has 0 aromatic carbocycles. The molecule has 5 heteroatoms. The van der Waals surface area contributed by atoms with Gasteiger partial charge in [0.05, 0.1) is 6.54 Å². The molecule has 0 radical (unpaired) electrons. The average molecular weight is 250 g/mol. The van der Waals surface area contributed by atoms with Crippen molar-refractivity contribution in [2.45, 2.75) is 33.7 Å². The van der Waals surface area contributed by atoms with Crippen molar-refractivity contribution in [1.82, 2.24) is 15.4 Å². The molecule has 0 unspecified atom stereocenters. The Morgan fingerprint density at radius 1 is 1.61 bits per heavy atom. The molecule has 18 heavy (non-hydrogen) atoms. The molecule has 0 saturated carbocycles. The van der Waals surface area contributed by atoms with Crippen LogP contribution in [0.1, 0.15) is 32.9 Å². The molecule has 5 nitrogen and oxygen atoms in total. The van der Waals surface area contributed by atoms with E-state index in [9.17, 15) is 0 Å². The number of aliphatic imine (C=N–C) groups is 1. The van der Waals surface area contributed by atoms with Crippen LogP contribution >= 0.6 is 0 Å². The second-order valence-electron chi connectivity index (χ2n) is 5.50. The minimum absolute atomic E-state index is 0.379. The molecule has 0 spiro atoms. The summed E-state index contributed by atoms with van der Waals surface area (Å²) in [5.74, 6) is 0.978. The average Bonchev–Trinajstić information content (AvgIpc) is 2.93. The molecule has 0 amide bonds. The molecule has 100 valence electrons. The summed E-state index contributed by atoms with van der Waals surface area (Å²) >= 11 is 0. The Morgan fingerprint density at radius 2 is 2.44 bits per heavy atom. The zero-order chi connectivity index (χ0) is 13.0. The number of hydrogen-bond donors (Lipinski definition) is 1. The summed E-state index contributed by atoms with van der Waals surface area (Å²) in [6.07, 6.45) is 2.79. The molecule has 1 fully saturated rings. The highest BCUT2D eigenvalue weighted by Crippen LogP contribution is 2.28. The van der Waals surface area contributed by atoms with Gasteiger partial charge < -0.3 is 14.7 Å². The summed E-state index contributed by atoms with van der Waals surface area (Å²) in [5.41, 5.74) is 1.24. The fourth-order valence-corrected chi connectivity index (χ4v) is 2.19. The van der Waals surface area contributed by atoms with Crippen LogP contribution in [0, 0.1) is 5.41 Å². The molecular weight excluding hydrogens is 228 g/mol. The Bertz CT molecular complexity index is 397. The predicted molar refractivity (Wildman–Crippen MR) is 71.3 cm³/mol. The lowest BCUT2D eigenvalue weighted by atomic mass is 9.93. The fourth-order valence-electron chi connectivity index (χ4n) is 2.19.